The second-order valence-corrected chi connectivity index (χ2v) is 9.27. The largest absolute Gasteiger partial charge is 0.369 e. The summed E-state index contributed by atoms with van der Waals surface area (Å²) in [6, 6.07) is 9.63. The molecule has 3 rings (SSSR count). The number of thiophene rings is 1. The van der Waals surface area contributed by atoms with E-state index in [2.05, 4.69) is 10.3 Å². The molecule has 3 N–H and O–H groups in total. The molecule has 1 aromatic carbocycles. The molecule has 9 heteroatoms. The third-order valence-corrected chi connectivity index (χ3v) is 7.11. The molecule has 0 spiro atoms. The number of carbonyl (C=O) groups is 2. The van der Waals surface area contributed by atoms with Gasteiger partial charge in [0.1, 0.15) is 5.82 Å². The molecule has 1 atom stereocenters. The highest BCUT2D eigenvalue weighted by Gasteiger charge is 2.19. The van der Waals surface area contributed by atoms with Crippen LogP contribution in [0.1, 0.15) is 27.1 Å². The van der Waals surface area contributed by atoms with Crippen LogP contribution in [0.3, 0.4) is 0 Å². The number of hydrogen-bond donors (Lipinski definition) is 2. The van der Waals surface area contributed by atoms with Crippen LogP contribution in [0.2, 0.25) is 0 Å². The second kappa shape index (κ2) is 9.31. The first-order chi connectivity index (χ1) is 13.4. The number of carbonyl (C=O) groups excluding carboxylic acids is 2. The highest BCUT2D eigenvalue weighted by molar-refractivity contribution is 8.01. The van der Waals surface area contributed by atoms with Crippen molar-refractivity contribution in [1.29, 1.82) is 0 Å². The minimum absolute atomic E-state index is 0.154. The molecule has 0 unspecified atom stereocenters. The first kappa shape index (κ1) is 20.5. The summed E-state index contributed by atoms with van der Waals surface area (Å²) in [5.74, 6) is -0.691. The Labute approximate surface area is 174 Å². The third kappa shape index (κ3) is 5.40. The zero-order valence-corrected chi connectivity index (χ0v) is 17.4. The van der Waals surface area contributed by atoms with E-state index < -0.39 is 5.91 Å². The van der Waals surface area contributed by atoms with E-state index in [9.17, 15) is 14.0 Å². The molecule has 5 nitrogen and oxygen atoms in total. The van der Waals surface area contributed by atoms with Crippen LogP contribution in [0, 0.1) is 12.7 Å². The number of benzene rings is 1. The smallest absolute Gasteiger partial charge is 0.231 e. The van der Waals surface area contributed by atoms with Gasteiger partial charge in [-0.05, 0) is 36.1 Å². The Bertz CT molecular complexity index is 955. The zero-order chi connectivity index (χ0) is 20.1. The van der Waals surface area contributed by atoms with Gasteiger partial charge in [-0.2, -0.15) is 0 Å². The van der Waals surface area contributed by atoms with Crippen LogP contribution >= 0.6 is 34.4 Å². The molecule has 0 saturated heterocycles. The van der Waals surface area contributed by atoms with Crippen molar-refractivity contribution >= 4 is 46.2 Å². The SMILES string of the molecule is Cc1nc(SCC(=O)N[C@H](c2ccc(F)cc2)c2cccs2)sc1CC(N)=O. The average molecular weight is 436 g/mol. The Morgan fingerprint density at radius 1 is 1.29 bits per heavy atom. The number of hydrogen-bond acceptors (Lipinski definition) is 6. The first-order valence-electron chi connectivity index (χ1n) is 8.38. The Balaban J connectivity index is 1.66. The van der Waals surface area contributed by atoms with Crippen LogP contribution in [-0.4, -0.2) is 22.6 Å². The molecule has 2 aromatic heterocycles. The number of halogens is 1. The van der Waals surface area contributed by atoms with Crippen molar-refractivity contribution in [2.24, 2.45) is 5.73 Å². The predicted molar refractivity (Wildman–Crippen MR) is 111 cm³/mol. The van der Waals surface area contributed by atoms with Gasteiger partial charge in [-0.1, -0.05) is 30.0 Å². The monoisotopic (exact) mass is 435 g/mol. The quantitative estimate of drug-likeness (QED) is 0.529. The lowest BCUT2D eigenvalue weighted by atomic mass is 10.1. The van der Waals surface area contributed by atoms with Crippen molar-refractivity contribution in [3.05, 3.63) is 68.6 Å². The molecule has 0 aliphatic heterocycles. The maximum absolute atomic E-state index is 13.3. The van der Waals surface area contributed by atoms with Crippen LogP contribution < -0.4 is 11.1 Å². The molecule has 0 fully saturated rings. The van der Waals surface area contributed by atoms with Gasteiger partial charge in [-0.3, -0.25) is 9.59 Å². The Morgan fingerprint density at radius 3 is 2.68 bits per heavy atom. The minimum atomic E-state index is -0.404. The molecular formula is C19H18FN3O2S3. The minimum Gasteiger partial charge on any atom is -0.369 e. The molecule has 0 aliphatic carbocycles. The number of primary amides is 1. The normalized spacial score (nSPS) is 11.9. The fraction of sp³-hybridized carbons (Fsp3) is 0.211. The van der Waals surface area contributed by atoms with Gasteiger partial charge in [-0.25, -0.2) is 9.37 Å². The summed E-state index contributed by atoms with van der Waals surface area (Å²) in [4.78, 5) is 29.8. The van der Waals surface area contributed by atoms with Gasteiger partial charge in [0.15, 0.2) is 4.34 Å². The van der Waals surface area contributed by atoms with Crippen molar-refractivity contribution in [3.8, 4) is 0 Å². The number of aryl methyl sites for hydroxylation is 1. The van der Waals surface area contributed by atoms with E-state index >= 15 is 0 Å². The number of amides is 2. The number of rotatable bonds is 8. The van der Waals surface area contributed by atoms with E-state index in [0.717, 1.165) is 25.4 Å². The Morgan fingerprint density at radius 2 is 2.04 bits per heavy atom. The maximum Gasteiger partial charge on any atom is 0.231 e. The van der Waals surface area contributed by atoms with Gasteiger partial charge in [0, 0.05) is 9.75 Å². The van der Waals surface area contributed by atoms with Gasteiger partial charge in [0.25, 0.3) is 0 Å². The summed E-state index contributed by atoms with van der Waals surface area (Å²) in [6.45, 7) is 1.82. The highest BCUT2D eigenvalue weighted by atomic mass is 32.2. The van der Waals surface area contributed by atoms with Gasteiger partial charge in [0.2, 0.25) is 11.8 Å². The summed E-state index contributed by atoms with van der Waals surface area (Å²) in [6.07, 6.45) is 0.154. The number of nitrogens with one attached hydrogen (secondary N) is 1. The van der Waals surface area contributed by atoms with Crippen molar-refractivity contribution < 1.29 is 14.0 Å². The van der Waals surface area contributed by atoms with Crippen molar-refractivity contribution in [2.75, 3.05) is 5.75 Å². The molecule has 28 heavy (non-hydrogen) atoms. The van der Waals surface area contributed by atoms with Gasteiger partial charge in [-0.15, -0.1) is 22.7 Å². The number of thiazole rings is 1. The molecular weight excluding hydrogens is 417 g/mol. The number of nitrogens with zero attached hydrogens (tertiary/aromatic N) is 1. The van der Waals surface area contributed by atoms with E-state index in [4.69, 9.17) is 5.73 Å². The Kier molecular flexibility index (Phi) is 6.82. The van der Waals surface area contributed by atoms with E-state index in [1.54, 1.807) is 12.1 Å². The van der Waals surface area contributed by atoms with Gasteiger partial charge >= 0.3 is 0 Å². The van der Waals surface area contributed by atoms with Crippen molar-refractivity contribution in [3.63, 3.8) is 0 Å². The van der Waals surface area contributed by atoms with Crippen molar-refractivity contribution in [1.82, 2.24) is 10.3 Å². The number of thioether (sulfide) groups is 1. The molecule has 146 valence electrons. The Hall–Kier alpha value is -2.23. The van der Waals surface area contributed by atoms with E-state index in [-0.39, 0.29) is 29.9 Å². The lowest BCUT2D eigenvalue weighted by Gasteiger charge is -2.18. The molecule has 3 aromatic rings. The number of aromatic nitrogens is 1. The first-order valence-corrected chi connectivity index (χ1v) is 11.1. The molecule has 2 amide bonds. The summed E-state index contributed by atoms with van der Waals surface area (Å²) in [7, 11) is 0. The van der Waals surface area contributed by atoms with Crippen LogP contribution in [0.5, 0.6) is 0 Å². The lowest BCUT2D eigenvalue weighted by molar-refractivity contribution is -0.119. The predicted octanol–water partition coefficient (Wildman–Crippen LogP) is 3.68. The standard InChI is InChI=1S/C19H18FN3O2S3/c1-11-15(9-16(21)24)28-19(22-11)27-10-17(25)23-18(14-3-2-8-26-14)12-4-6-13(20)7-5-12/h2-8,18H,9-10H2,1H3,(H2,21,24)(H,23,25)/t18-/m1/s1. The topological polar surface area (TPSA) is 85.1 Å². The zero-order valence-electron chi connectivity index (χ0n) is 15.0. The summed E-state index contributed by atoms with van der Waals surface area (Å²) in [5.41, 5.74) is 6.81. The summed E-state index contributed by atoms with van der Waals surface area (Å²) in [5, 5.41) is 4.95. The average Bonchev–Trinajstić information content (AvgIpc) is 3.29. The molecule has 0 saturated carbocycles. The van der Waals surface area contributed by atoms with Crippen LogP contribution in [0.4, 0.5) is 4.39 Å². The summed E-state index contributed by atoms with van der Waals surface area (Å²) < 4.78 is 14.0. The van der Waals surface area contributed by atoms with E-state index in [1.165, 1.54) is 46.6 Å². The lowest BCUT2D eigenvalue weighted by Crippen LogP contribution is -2.30. The van der Waals surface area contributed by atoms with Crippen LogP contribution in [-0.2, 0) is 16.0 Å². The van der Waals surface area contributed by atoms with Crippen LogP contribution in [0.15, 0.2) is 46.1 Å². The van der Waals surface area contributed by atoms with E-state index in [1.807, 2.05) is 24.4 Å². The van der Waals surface area contributed by atoms with E-state index in [0.29, 0.717) is 0 Å². The second-order valence-electron chi connectivity index (χ2n) is 5.99. The number of nitrogens with two attached hydrogens (primary N) is 1. The molecule has 0 radical (unpaired) electrons. The molecule has 2 heterocycles. The highest BCUT2D eigenvalue weighted by Crippen LogP contribution is 2.29. The van der Waals surface area contributed by atoms with Gasteiger partial charge in [0.05, 0.1) is 23.9 Å². The fourth-order valence-electron chi connectivity index (χ4n) is 2.54. The molecule has 0 bridgehead atoms. The van der Waals surface area contributed by atoms with Crippen LogP contribution in [0.25, 0.3) is 0 Å². The molecule has 0 aliphatic rings. The third-order valence-electron chi connectivity index (χ3n) is 3.87. The van der Waals surface area contributed by atoms with Gasteiger partial charge < -0.3 is 11.1 Å². The van der Waals surface area contributed by atoms with Crippen molar-refractivity contribution in [2.45, 2.75) is 23.7 Å². The summed E-state index contributed by atoms with van der Waals surface area (Å²) >= 11 is 4.22. The maximum atomic E-state index is 13.3. The fourth-order valence-corrected chi connectivity index (χ4v) is 5.40.